The average Bonchev–Trinajstić information content (AvgIpc) is 3.48. The van der Waals surface area contributed by atoms with Gasteiger partial charge >= 0.3 is 0 Å². The molecule has 0 amide bonds. The van der Waals surface area contributed by atoms with Crippen LogP contribution in [-0.4, -0.2) is 4.57 Å². The van der Waals surface area contributed by atoms with Crippen molar-refractivity contribution >= 4 is 54.8 Å². The van der Waals surface area contributed by atoms with Crippen molar-refractivity contribution in [2.24, 2.45) is 0 Å². The molecule has 0 aliphatic carbocycles. The summed E-state index contributed by atoms with van der Waals surface area (Å²) >= 11 is 4.01. The maximum absolute atomic E-state index is 4.01. The van der Waals surface area contributed by atoms with Crippen molar-refractivity contribution in [3.63, 3.8) is 0 Å². The highest BCUT2D eigenvalue weighted by molar-refractivity contribution is 9.10. The van der Waals surface area contributed by atoms with Crippen LogP contribution in [-0.2, 0) is 10.8 Å². The molecule has 1 aromatic heterocycles. The molecule has 0 aliphatic heterocycles. The van der Waals surface area contributed by atoms with Gasteiger partial charge in [-0.25, -0.2) is 0 Å². The van der Waals surface area contributed by atoms with Crippen LogP contribution in [0.2, 0.25) is 0 Å². The summed E-state index contributed by atoms with van der Waals surface area (Å²) in [6, 6.07) is 59.9. The standard InChI is InChI=1S/C50H45BrN2/c1-49(2,3)37-24-26-44-45-27-25-38(50(4,5)6)30-48(45)53(47(44)29-37)42-32-39(51)31-41(33-42)52(40-21-15-20-36(28-40)34-16-9-7-10-17-34)46-23-14-13-22-43(46)35-18-11-8-12-19-35/h7-33H,1-6H3. The van der Waals surface area contributed by atoms with Gasteiger partial charge in [0.1, 0.15) is 0 Å². The van der Waals surface area contributed by atoms with Gasteiger partial charge in [-0.2, -0.15) is 0 Å². The molecular formula is C50H45BrN2. The van der Waals surface area contributed by atoms with Gasteiger partial charge < -0.3 is 9.47 Å². The van der Waals surface area contributed by atoms with Gasteiger partial charge in [0, 0.05) is 37.9 Å². The molecule has 0 N–H and O–H groups in total. The molecule has 0 aliphatic rings. The highest BCUT2D eigenvalue weighted by atomic mass is 79.9. The van der Waals surface area contributed by atoms with Crippen LogP contribution in [0, 0.1) is 0 Å². The molecule has 3 heteroatoms. The number of hydrogen-bond acceptors (Lipinski definition) is 1. The molecule has 0 saturated carbocycles. The minimum atomic E-state index is 0.0101. The number of nitrogens with zero attached hydrogens (tertiary/aromatic N) is 2. The number of anilines is 3. The summed E-state index contributed by atoms with van der Waals surface area (Å²) in [5, 5.41) is 2.52. The number of benzene rings is 7. The Hall–Kier alpha value is -5.38. The van der Waals surface area contributed by atoms with Crippen LogP contribution in [0.1, 0.15) is 52.7 Å². The number of aromatic nitrogens is 1. The largest absolute Gasteiger partial charge is 0.310 e. The lowest BCUT2D eigenvalue weighted by Crippen LogP contribution is -2.13. The molecule has 1 heterocycles. The normalized spacial score (nSPS) is 12.1. The summed E-state index contributed by atoms with van der Waals surface area (Å²) in [5.41, 5.74) is 14.2. The Morgan fingerprint density at radius 1 is 0.453 bits per heavy atom. The molecule has 0 atom stereocenters. The average molecular weight is 754 g/mol. The molecule has 8 aromatic rings. The van der Waals surface area contributed by atoms with Gasteiger partial charge in [0.05, 0.1) is 16.7 Å². The van der Waals surface area contributed by atoms with E-state index in [4.69, 9.17) is 0 Å². The van der Waals surface area contributed by atoms with E-state index in [1.54, 1.807) is 0 Å². The highest BCUT2D eigenvalue weighted by Gasteiger charge is 2.23. The van der Waals surface area contributed by atoms with Crippen LogP contribution in [0.3, 0.4) is 0 Å². The van der Waals surface area contributed by atoms with E-state index >= 15 is 0 Å². The molecule has 53 heavy (non-hydrogen) atoms. The fourth-order valence-electron chi connectivity index (χ4n) is 7.46. The molecule has 262 valence electrons. The van der Waals surface area contributed by atoms with Crippen molar-refractivity contribution in [1.29, 1.82) is 0 Å². The summed E-state index contributed by atoms with van der Waals surface area (Å²) in [7, 11) is 0. The van der Waals surface area contributed by atoms with Crippen molar-refractivity contribution in [3.05, 3.63) is 179 Å². The first-order valence-corrected chi connectivity index (χ1v) is 19.3. The first-order valence-electron chi connectivity index (χ1n) is 18.5. The maximum atomic E-state index is 4.01. The van der Waals surface area contributed by atoms with Crippen LogP contribution >= 0.6 is 15.9 Å². The van der Waals surface area contributed by atoms with Crippen LogP contribution in [0.5, 0.6) is 0 Å². The molecular weight excluding hydrogens is 708 g/mol. The second-order valence-electron chi connectivity index (χ2n) is 16.1. The van der Waals surface area contributed by atoms with E-state index in [9.17, 15) is 0 Å². The summed E-state index contributed by atoms with van der Waals surface area (Å²) in [6.45, 7) is 13.8. The van der Waals surface area contributed by atoms with Gasteiger partial charge in [0.2, 0.25) is 0 Å². The molecule has 0 spiro atoms. The summed E-state index contributed by atoms with van der Waals surface area (Å²) in [5.74, 6) is 0. The number of hydrogen-bond donors (Lipinski definition) is 0. The van der Waals surface area contributed by atoms with E-state index in [1.165, 1.54) is 55.2 Å². The Balaban J connectivity index is 1.42. The molecule has 7 aromatic carbocycles. The third-order valence-corrected chi connectivity index (χ3v) is 10.8. The van der Waals surface area contributed by atoms with Crippen molar-refractivity contribution in [1.82, 2.24) is 4.57 Å². The van der Waals surface area contributed by atoms with Gasteiger partial charge in [-0.1, -0.05) is 173 Å². The van der Waals surface area contributed by atoms with Crippen LogP contribution < -0.4 is 4.90 Å². The topological polar surface area (TPSA) is 8.17 Å². The number of halogens is 1. The predicted octanol–water partition coefficient (Wildman–Crippen LogP) is 14.9. The minimum Gasteiger partial charge on any atom is -0.310 e. The van der Waals surface area contributed by atoms with Crippen molar-refractivity contribution in [2.75, 3.05) is 4.90 Å². The second kappa shape index (κ2) is 13.5. The smallest absolute Gasteiger partial charge is 0.0544 e. The van der Waals surface area contributed by atoms with Crippen molar-refractivity contribution < 1.29 is 0 Å². The molecule has 2 nitrogen and oxygen atoms in total. The monoisotopic (exact) mass is 752 g/mol. The zero-order chi connectivity index (χ0) is 36.9. The van der Waals surface area contributed by atoms with Crippen LogP contribution in [0.15, 0.2) is 168 Å². The minimum absolute atomic E-state index is 0.0101. The fraction of sp³-hybridized carbons (Fsp3) is 0.160. The lowest BCUT2D eigenvalue weighted by atomic mass is 9.86. The summed E-state index contributed by atoms with van der Waals surface area (Å²) < 4.78 is 3.49. The van der Waals surface area contributed by atoms with Gasteiger partial charge in [-0.3, -0.25) is 0 Å². The lowest BCUT2D eigenvalue weighted by molar-refractivity contribution is 0.591. The number of para-hydroxylation sites is 1. The van der Waals surface area contributed by atoms with E-state index in [0.717, 1.165) is 27.2 Å². The zero-order valence-corrected chi connectivity index (χ0v) is 32.9. The Bertz CT molecular complexity index is 2510. The van der Waals surface area contributed by atoms with Gasteiger partial charge in [-0.15, -0.1) is 0 Å². The Kier molecular flexibility index (Phi) is 8.87. The van der Waals surface area contributed by atoms with Gasteiger partial charge in [0.25, 0.3) is 0 Å². The van der Waals surface area contributed by atoms with Crippen LogP contribution in [0.25, 0.3) is 49.7 Å². The Labute approximate surface area is 322 Å². The van der Waals surface area contributed by atoms with Crippen molar-refractivity contribution in [3.8, 4) is 27.9 Å². The van der Waals surface area contributed by atoms with E-state index in [0.29, 0.717) is 0 Å². The molecule has 8 rings (SSSR count). The molecule has 0 radical (unpaired) electrons. The molecule has 0 saturated heterocycles. The first kappa shape index (κ1) is 34.7. The first-order chi connectivity index (χ1) is 25.5. The summed E-state index contributed by atoms with van der Waals surface area (Å²) in [6.07, 6.45) is 0. The van der Waals surface area contributed by atoms with E-state index in [-0.39, 0.29) is 10.8 Å². The number of rotatable bonds is 6. The third-order valence-electron chi connectivity index (χ3n) is 10.3. The summed E-state index contributed by atoms with van der Waals surface area (Å²) in [4.78, 5) is 2.41. The maximum Gasteiger partial charge on any atom is 0.0544 e. The Morgan fingerprint density at radius 3 is 1.60 bits per heavy atom. The van der Waals surface area contributed by atoms with E-state index < -0.39 is 0 Å². The molecule has 0 bridgehead atoms. The lowest BCUT2D eigenvalue weighted by Gasteiger charge is -2.29. The highest BCUT2D eigenvalue weighted by Crippen LogP contribution is 2.44. The van der Waals surface area contributed by atoms with E-state index in [2.05, 4.69) is 231 Å². The molecule has 0 fully saturated rings. The van der Waals surface area contributed by atoms with Crippen molar-refractivity contribution in [2.45, 2.75) is 52.4 Å². The molecule has 0 unspecified atom stereocenters. The second-order valence-corrected chi connectivity index (χ2v) is 17.0. The SMILES string of the molecule is CC(C)(C)c1ccc2c3ccc(C(C)(C)C)cc3n(-c3cc(Br)cc(N(c4cccc(-c5ccccc5)c4)c4ccccc4-c4ccccc4)c3)c2c1. The zero-order valence-electron chi connectivity index (χ0n) is 31.4. The van der Waals surface area contributed by atoms with Gasteiger partial charge in [-0.05, 0) is 87.2 Å². The predicted molar refractivity (Wildman–Crippen MR) is 231 cm³/mol. The fourth-order valence-corrected chi connectivity index (χ4v) is 7.93. The van der Waals surface area contributed by atoms with Crippen LogP contribution in [0.4, 0.5) is 17.1 Å². The van der Waals surface area contributed by atoms with E-state index in [1.807, 2.05) is 0 Å². The third kappa shape index (κ3) is 6.71. The number of fused-ring (bicyclic) bond motifs is 3. The Morgan fingerprint density at radius 2 is 1.00 bits per heavy atom. The quantitative estimate of drug-likeness (QED) is 0.164. The van der Waals surface area contributed by atoms with Gasteiger partial charge in [0.15, 0.2) is 0 Å².